The normalized spacial score (nSPS) is 11.2. The van der Waals surface area contributed by atoms with Gasteiger partial charge in [-0.1, -0.05) is 44.2 Å². The molecule has 0 aromatic heterocycles. The van der Waals surface area contributed by atoms with Crippen LogP contribution in [-0.2, 0) is 11.2 Å². The van der Waals surface area contributed by atoms with Crippen molar-refractivity contribution in [3.8, 4) is 0 Å². The van der Waals surface area contributed by atoms with Crippen LogP contribution in [-0.4, -0.2) is 11.1 Å². The van der Waals surface area contributed by atoms with Gasteiger partial charge in [-0.15, -0.1) is 0 Å². The second-order valence-electron chi connectivity index (χ2n) is 5.75. The van der Waals surface area contributed by atoms with Gasteiger partial charge in [-0.25, -0.2) is 0 Å². The van der Waals surface area contributed by atoms with E-state index in [2.05, 4.69) is 51.1 Å². The molecule has 2 aromatic carbocycles. The summed E-state index contributed by atoms with van der Waals surface area (Å²) in [4.78, 5) is 10.6. The summed E-state index contributed by atoms with van der Waals surface area (Å²) in [5.74, 6) is -0.196. The fourth-order valence-electron chi connectivity index (χ4n) is 2.58. The Bertz CT molecular complexity index is 627. The molecule has 0 aliphatic carbocycles. The molecule has 0 aliphatic heterocycles. The van der Waals surface area contributed by atoms with Crippen LogP contribution in [0.2, 0.25) is 0 Å². The lowest BCUT2D eigenvalue weighted by atomic mass is 9.93. The van der Waals surface area contributed by atoms with Crippen LogP contribution in [0, 0.1) is 6.92 Å². The fraction of sp³-hybridized carbons (Fsp3) is 0.389. The minimum absolute atomic E-state index is 0.236. The van der Waals surface area contributed by atoms with E-state index in [-0.39, 0.29) is 6.42 Å². The van der Waals surface area contributed by atoms with Crippen LogP contribution in [0.5, 0.6) is 0 Å². The molecule has 0 amide bonds. The van der Waals surface area contributed by atoms with Crippen LogP contribution in [0.25, 0.3) is 10.8 Å². The molecule has 0 heterocycles. The third-order valence-corrected chi connectivity index (χ3v) is 3.85. The summed E-state index contributed by atoms with van der Waals surface area (Å²) >= 11 is 0. The number of carboxylic acid groups (broad SMARTS) is 1. The number of rotatable bonds is 5. The number of benzene rings is 2. The molecular formula is C18H22O2. The zero-order chi connectivity index (χ0) is 14.7. The van der Waals surface area contributed by atoms with Gasteiger partial charge in [0.25, 0.3) is 0 Å². The number of fused-ring (bicyclic) bond motifs is 1. The Morgan fingerprint density at radius 3 is 2.55 bits per heavy atom. The average Bonchev–Trinajstić information content (AvgIpc) is 2.40. The van der Waals surface area contributed by atoms with E-state index in [0.29, 0.717) is 12.3 Å². The molecule has 0 aliphatic rings. The summed E-state index contributed by atoms with van der Waals surface area (Å²) in [6.07, 6.45) is 1.75. The Hall–Kier alpha value is -1.83. The molecule has 2 aromatic rings. The molecule has 2 heteroatoms. The van der Waals surface area contributed by atoms with Crippen molar-refractivity contribution in [1.29, 1.82) is 0 Å². The SMILES string of the molecule is Cc1ccc(CCCC(=O)O)c2ccc(C(C)C)cc12. The largest absolute Gasteiger partial charge is 0.481 e. The topological polar surface area (TPSA) is 37.3 Å². The molecule has 1 N–H and O–H groups in total. The molecule has 20 heavy (non-hydrogen) atoms. The highest BCUT2D eigenvalue weighted by atomic mass is 16.4. The second kappa shape index (κ2) is 6.08. The van der Waals surface area contributed by atoms with Crippen molar-refractivity contribution in [3.05, 3.63) is 47.0 Å². The summed E-state index contributed by atoms with van der Waals surface area (Å²) < 4.78 is 0. The van der Waals surface area contributed by atoms with E-state index in [1.54, 1.807) is 0 Å². The van der Waals surface area contributed by atoms with E-state index in [4.69, 9.17) is 5.11 Å². The predicted molar refractivity (Wildman–Crippen MR) is 83.3 cm³/mol. The summed E-state index contributed by atoms with van der Waals surface area (Å²) in [7, 11) is 0. The van der Waals surface area contributed by atoms with Crippen molar-refractivity contribution in [2.24, 2.45) is 0 Å². The first-order valence-corrected chi connectivity index (χ1v) is 7.23. The first kappa shape index (κ1) is 14.6. The summed E-state index contributed by atoms with van der Waals surface area (Å²) in [6, 6.07) is 10.9. The van der Waals surface area contributed by atoms with Gasteiger partial charge < -0.3 is 5.11 Å². The monoisotopic (exact) mass is 270 g/mol. The van der Waals surface area contributed by atoms with Gasteiger partial charge in [0, 0.05) is 6.42 Å². The van der Waals surface area contributed by atoms with Crippen LogP contribution in [0.15, 0.2) is 30.3 Å². The lowest BCUT2D eigenvalue weighted by Crippen LogP contribution is -1.97. The Kier molecular flexibility index (Phi) is 4.43. The number of aliphatic carboxylic acids is 1. The van der Waals surface area contributed by atoms with Gasteiger partial charge in [0.15, 0.2) is 0 Å². The molecule has 0 spiro atoms. The molecule has 2 rings (SSSR count). The molecule has 106 valence electrons. The molecule has 0 saturated carbocycles. The first-order chi connectivity index (χ1) is 9.49. The zero-order valence-electron chi connectivity index (χ0n) is 12.4. The van der Waals surface area contributed by atoms with Crippen LogP contribution < -0.4 is 0 Å². The highest BCUT2D eigenvalue weighted by molar-refractivity contribution is 5.89. The molecular weight excluding hydrogens is 248 g/mol. The minimum atomic E-state index is -0.719. The van der Waals surface area contributed by atoms with Crippen LogP contribution in [0.4, 0.5) is 0 Å². The number of carbonyl (C=O) groups is 1. The van der Waals surface area contributed by atoms with Crippen molar-refractivity contribution in [1.82, 2.24) is 0 Å². The van der Waals surface area contributed by atoms with Crippen molar-refractivity contribution in [2.45, 2.75) is 46.0 Å². The molecule has 0 atom stereocenters. The van der Waals surface area contributed by atoms with Crippen LogP contribution >= 0.6 is 0 Å². The van der Waals surface area contributed by atoms with E-state index < -0.39 is 5.97 Å². The molecule has 0 saturated heterocycles. The van der Waals surface area contributed by atoms with E-state index >= 15 is 0 Å². The van der Waals surface area contributed by atoms with E-state index in [1.165, 1.54) is 27.5 Å². The lowest BCUT2D eigenvalue weighted by Gasteiger charge is -2.12. The zero-order valence-corrected chi connectivity index (χ0v) is 12.4. The lowest BCUT2D eigenvalue weighted by molar-refractivity contribution is -0.137. The Balaban J connectivity index is 2.37. The third-order valence-electron chi connectivity index (χ3n) is 3.85. The minimum Gasteiger partial charge on any atom is -0.481 e. The Morgan fingerprint density at radius 1 is 1.15 bits per heavy atom. The first-order valence-electron chi connectivity index (χ1n) is 7.23. The van der Waals surface area contributed by atoms with Crippen molar-refractivity contribution in [3.63, 3.8) is 0 Å². The van der Waals surface area contributed by atoms with E-state index in [9.17, 15) is 4.79 Å². The quantitative estimate of drug-likeness (QED) is 0.856. The summed E-state index contributed by atoms with van der Waals surface area (Å²) in [5, 5.41) is 11.3. The average molecular weight is 270 g/mol. The smallest absolute Gasteiger partial charge is 0.303 e. The standard InChI is InChI=1S/C18H22O2/c1-12(2)15-9-10-16-14(5-4-6-18(19)20)8-7-13(3)17(16)11-15/h7-12H,4-6H2,1-3H3,(H,19,20). The number of aryl methyl sites for hydroxylation is 2. The van der Waals surface area contributed by atoms with Gasteiger partial charge in [0.1, 0.15) is 0 Å². The van der Waals surface area contributed by atoms with Gasteiger partial charge in [0.2, 0.25) is 0 Å². The number of hydrogen-bond acceptors (Lipinski definition) is 1. The molecule has 0 fully saturated rings. The van der Waals surface area contributed by atoms with Gasteiger partial charge >= 0.3 is 5.97 Å². The van der Waals surface area contributed by atoms with E-state index in [0.717, 1.165) is 6.42 Å². The molecule has 0 radical (unpaired) electrons. The molecule has 0 bridgehead atoms. The van der Waals surface area contributed by atoms with Gasteiger partial charge in [-0.3, -0.25) is 4.79 Å². The highest BCUT2D eigenvalue weighted by Gasteiger charge is 2.07. The van der Waals surface area contributed by atoms with Gasteiger partial charge in [-0.2, -0.15) is 0 Å². The summed E-state index contributed by atoms with van der Waals surface area (Å²) in [5.41, 5.74) is 3.88. The summed E-state index contributed by atoms with van der Waals surface area (Å²) in [6.45, 7) is 6.54. The third kappa shape index (κ3) is 3.19. The van der Waals surface area contributed by atoms with Crippen molar-refractivity contribution in [2.75, 3.05) is 0 Å². The maximum atomic E-state index is 10.6. The fourth-order valence-corrected chi connectivity index (χ4v) is 2.58. The second-order valence-corrected chi connectivity index (χ2v) is 5.75. The Labute approximate surface area is 120 Å². The number of carboxylic acids is 1. The predicted octanol–water partition coefficient (Wildman–Crippen LogP) is 4.68. The maximum Gasteiger partial charge on any atom is 0.303 e. The molecule has 2 nitrogen and oxygen atoms in total. The Morgan fingerprint density at radius 2 is 1.90 bits per heavy atom. The highest BCUT2D eigenvalue weighted by Crippen LogP contribution is 2.27. The number of hydrogen-bond donors (Lipinski definition) is 1. The van der Waals surface area contributed by atoms with Crippen molar-refractivity contribution < 1.29 is 9.90 Å². The van der Waals surface area contributed by atoms with Gasteiger partial charge in [-0.05, 0) is 53.1 Å². The van der Waals surface area contributed by atoms with Gasteiger partial charge in [0.05, 0.1) is 0 Å². The van der Waals surface area contributed by atoms with Crippen LogP contribution in [0.3, 0.4) is 0 Å². The maximum absolute atomic E-state index is 10.6. The van der Waals surface area contributed by atoms with Crippen molar-refractivity contribution >= 4 is 16.7 Å². The molecule has 0 unspecified atom stereocenters. The van der Waals surface area contributed by atoms with Crippen LogP contribution in [0.1, 0.15) is 49.3 Å². The van der Waals surface area contributed by atoms with E-state index in [1.807, 2.05) is 0 Å².